The summed E-state index contributed by atoms with van der Waals surface area (Å²) in [6, 6.07) is 0. The first-order chi connectivity index (χ1) is 7.99. The maximum atomic E-state index is 6.22. The molecule has 0 unspecified atom stereocenters. The van der Waals surface area contributed by atoms with E-state index in [4.69, 9.17) is 17.4 Å². The molecule has 4 nitrogen and oxygen atoms in total. The molecule has 1 aliphatic rings. The van der Waals surface area contributed by atoms with Crippen molar-refractivity contribution in [2.75, 3.05) is 21.3 Å². The lowest BCUT2D eigenvalue weighted by Gasteiger charge is -2.39. The van der Waals surface area contributed by atoms with Gasteiger partial charge < -0.3 is 17.4 Å². The van der Waals surface area contributed by atoms with Crippen LogP contribution in [0.2, 0.25) is 18.6 Å². The summed E-state index contributed by atoms with van der Waals surface area (Å²) in [5.74, 6) is 0. The third-order valence-electron chi connectivity index (χ3n) is 3.55. The molecule has 0 N–H and O–H groups in total. The highest BCUT2D eigenvalue weighted by Crippen LogP contribution is 2.39. The molecule has 0 aromatic rings. The van der Waals surface area contributed by atoms with Crippen LogP contribution in [0.4, 0.5) is 0 Å². The van der Waals surface area contributed by atoms with Crippen LogP contribution >= 0.6 is 0 Å². The summed E-state index contributed by atoms with van der Waals surface area (Å²) in [7, 11) is 0.442. The van der Waals surface area contributed by atoms with Gasteiger partial charge in [-0.1, -0.05) is 19.3 Å². The van der Waals surface area contributed by atoms with Gasteiger partial charge in [0.15, 0.2) is 0 Å². The highest BCUT2D eigenvalue weighted by molar-refractivity contribution is 6.77. The predicted molar refractivity (Wildman–Crippen MR) is 72.2 cm³/mol. The van der Waals surface area contributed by atoms with Crippen LogP contribution in [-0.4, -0.2) is 38.7 Å². The van der Waals surface area contributed by atoms with Crippen molar-refractivity contribution >= 4 is 17.4 Å². The molecule has 0 bridgehead atoms. The van der Waals surface area contributed by atoms with Gasteiger partial charge >= 0.3 is 17.4 Å². The Morgan fingerprint density at radius 3 is 1.76 bits per heavy atom. The summed E-state index contributed by atoms with van der Waals surface area (Å²) in [4.78, 5) is 0. The fourth-order valence-corrected chi connectivity index (χ4v) is 8.78. The van der Waals surface area contributed by atoms with Crippen LogP contribution in [0, 0.1) is 0 Å². The van der Waals surface area contributed by atoms with Gasteiger partial charge in [0.05, 0.1) is 0 Å². The first-order valence-electron chi connectivity index (χ1n) is 6.35. The Kier molecular flexibility index (Phi) is 5.81. The molecule has 0 radical (unpaired) electrons. The maximum absolute atomic E-state index is 6.22. The van der Waals surface area contributed by atoms with Crippen molar-refractivity contribution in [2.45, 2.75) is 50.7 Å². The van der Waals surface area contributed by atoms with Crippen molar-refractivity contribution in [2.24, 2.45) is 0 Å². The minimum atomic E-state index is -2.56. The van der Waals surface area contributed by atoms with Crippen LogP contribution in [0.3, 0.4) is 0 Å². The van der Waals surface area contributed by atoms with Crippen LogP contribution in [-0.2, 0) is 17.4 Å². The largest absolute Gasteiger partial charge is 0.494 e. The van der Waals surface area contributed by atoms with Crippen molar-refractivity contribution in [3.63, 3.8) is 0 Å². The number of hydrogen-bond donors (Lipinski definition) is 0. The van der Waals surface area contributed by atoms with Crippen molar-refractivity contribution in [3.05, 3.63) is 0 Å². The fourth-order valence-electron chi connectivity index (χ4n) is 2.42. The molecular formula is C11H26O4Si2. The fraction of sp³-hybridized carbons (Fsp3) is 1.00. The van der Waals surface area contributed by atoms with E-state index < -0.39 is 17.4 Å². The second kappa shape index (κ2) is 6.44. The molecule has 0 spiro atoms. The smallest absolute Gasteiger partial charge is 0.398 e. The Hall–Kier alpha value is 0.274. The molecule has 102 valence electrons. The summed E-state index contributed by atoms with van der Waals surface area (Å²) >= 11 is 0. The number of hydrogen-bond acceptors (Lipinski definition) is 4. The minimum absolute atomic E-state index is 0.438. The zero-order chi connectivity index (χ0) is 12.9. The molecule has 0 saturated heterocycles. The minimum Gasteiger partial charge on any atom is -0.398 e. The van der Waals surface area contributed by atoms with E-state index in [0.717, 1.165) is 12.8 Å². The lowest BCUT2D eigenvalue weighted by molar-refractivity contribution is 0.119. The van der Waals surface area contributed by atoms with E-state index in [1.54, 1.807) is 21.3 Å². The van der Waals surface area contributed by atoms with Crippen LogP contribution in [0.25, 0.3) is 0 Å². The maximum Gasteiger partial charge on any atom is 0.494 e. The topological polar surface area (TPSA) is 36.9 Å². The molecule has 6 heteroatoms. The highest BCUT2D eigenvalue weighted by atomic mass is 28.5. The van der Waals surface area contributed by atoms with Crippen molar-refractivity contribution in [1.29, 1.82) is 0 Å². The van der Waals surface area contributed by atoms with Gasteiger partial charge in [-0.3, -0.25) is 0 Å². The summed E-state index contributed by atoms with van der Waals surface area (Å²) in [5, 5.41) is 0. The van der Waals surface area contributed by atoms with E-state index in [1.807, 2.05) is 13.1 Å². The molecule has 0 atom stereocenters. The standard InChI is InChI=1S/C11H26O4Si2/c1-12-16(4,5)15-17(13-2,14-3)11-9-7-6-8-10-11/h11H,6-10H2,1-5H3. The second-order valence-electron chi connectivity index (χ2n) is 5.05. The third kappa shape index (κ3) is 3.87. The summed E-state index contributed by atoms with van der Waals surface area (Å²) in [6.45, 7) is 4.07. The quantitative estimate of drug-likeness (QED) is 0.700. The van der Waals surface area contributed by atoms with Crippen molar-refractivity contribution in [3.8, 4) is 0 Å². The monoisotopic (exact) mass is 278 g/mol. The van der Waals surface area contributed by atoms with Gasteiger partial charge in [0.2, 0.25) is 0 Å². The Labute approximate surface area is 107 Å². The molecular weight excluding hydrogens is 252 g/mol. The Balaban J connectivity index is 2.79. The molecule has 0 amide bonds. The zero-order valence-electron chi connectivity index (χ0n) is 11.7. The van der Waals surface area contributed by atoms with Crippen LogP contribution in [0.1, 0.15) is 32.1 Å². The van der Waals surface area contributed by atoms with Gasteiger partial charge in [0, 0.05) is 26.9 Å². The lowest BCUT2D eigenvalue weighted by atomic mass is 10.0. The normalized spacial score (nSPS) is 19.6. The van der Waals surface area contributed by atoms with E-state index in [-0.39, 0.29) is 0 Å². The van der Waals surface area contributed by atoms with Gasteiger partial charge in [0.25, 0.3) is 0 Å². The molecule has 1 fully saturated rings. The Bertz CT molecular complexity index is 226. The average molecular weight is 278 g/mol. The van der Waals surface area contributed by atoms with Gasteiger partial charge in [-0.2, -0.15) is 0 Å². The van der Waals surface area contributed by atoms with E-state index in [2.05, 4.69) is 0 Å². The molecule has 0 aliphatic heterocycles. The van der Waals surface area contributed by atoms with Crippen LogP contribution in [0.15, 0.2) is 0 Å². The molecule has 1 saturated carbocycles. The molecule has 0 aromatic carbocycles. The van der Waals surface area contributed by atoms with Gasteiger partial charge in [-0.25, -0.2) is 0 Å². The third-order valence-corrected chi connectivity index (χ3v) is 10.4. The SMILES string of the molecule is CO[Si](C)(C)O[Si](OC)(OC)C1CCCCC1. The molecule has 17 heavy (non-hydrogen) atoms. The zero-order valence-corrected chi connectivity index (χ0v) is 13.7. The van der Waals surface area contributed by atoms with Crippen LogP contribution in [0.5, 0.6) is 0 Å². The van der Waals surface area contributed by atoms with Crippen molar-refractivity contribution < 1.29 is 17.4 Å². The molecule has 1 rings (SSSR count). The average Bonchev–Trinajstić information content (AvgIpc) is 2.37. The van der Waals surface area contributed by atoms with E-state index in [9.17, 15) is 0 Å². The van der Waals surface area contributed by atoms with E-state index >= 15 is 0 Å². The second-order valence-corrected chi connectivity index (χ2v) is 11.9. The van der Waals surface area contributed by atoms with Gasteiger partial charge in [-0.15, -0.1) is 0 Å². The van der Waals surface area contributed by atoms with Crippen LogP contribution < -0.4 is 0 Å². The van der Waals surface area contributed by atoms with E-state index in [0.29, 0.717) is 5.54 Å². The van der Waals surface area contributed by atoms with Gasteiger partial charge in [-0.05, 0) is 25.9 Å². The Morgan fingerprint density at radius 1 is 0.824 bits per heavy atom. The first kappa shape index (κ1) is 15.3. The predicted octanol–water partition coefficient (Wildman–Crippen LogP) is 2.92. The number of rotatable bonds is 6. The lowest BCUT2D eigenvalue weighted by Crippen LogP contribution is -2.56. The molecule has 1 aliphatic carbocycles. The summed E-state index contributed by atoms with van der Waals surface area (Å²) in [5.41, 5.74) is 0.438. The molecule has 0 aromatic heterocycles. The van der Waals surface area contributed by atoms with Gasteiger partial charge in [0.1, 0.15) is 0 Å². The van der Waals surface area contributed by atoms with Crippen molar-refractivity contribution in [1.82, 2.24) is 0 Å². The molecule has 0 heterocycles. The summed E-state index contributed by atoms with van der Waals surface area (Å²) < 4.78 is 23.1. The van der Waals surface area contributed by atoms with E-state index in [1.165, 1.54) is 19.3 Å². The first-order valence-corrected chi connectivity index (χ1v) is 11.0. The Morgan fingerprint density at radius 2 is 1.35 bits per heavy atom. The summed E-state index contributed by atoms with van der Waals surface area (Å²) in [6.07, 6.45) is 6.14. The highest BCUT2D eigenvalue weighted by Gasteiger charge is 2.52.